The number of hydrogen-bond acceptors (Lipinski definition) is 7. The van der Waals surface area contributed by atoms with Crippen LogP contribution in [0.5, 0.6) is 0 Å². The van der Waals surface area contributed by atoms with Crippen LogP contribution in [0.25, 0.3) is 21.6 Å². The first kappa shape index (κ1) is 19.6. The number of piperazine rings is 1. The van der Waals surface area contributed by atoms with Gasteiger partial charge in [0, 0.05) is 62.2 Å². The Morgan fingerprint density at radius 3 is 2.81 bits per heavy atom. The number of aryl methyl sites for hydroxylation is 2. The molecule has 31 heavy (non-hydrogen) atoms. The van der Waals surface area contributed by atoms with Crippen molar-refractivity contribution in [2.75, 3.05) is 50.8 Å². The van der Waals surface area contributed by atoms with Crippen molar-refractivity contribution in [1.82, 2.24) is 19.9 Å². The lowest BCUT2D eigenvalue weighted by atomic mass is 9.96. The molecule has 6 rings (SSSR count). The van der Waals surface area contributed by atoms with Crippen LogP contribution in [-0.4, -0.2) is 65.8 Å². The van der Waals surface area contributed by atoms with Gasteiger partial charge in [-0.15, -0.1) is 11.3 Å². The van der Waals surface area contributed by atoms with Gasteiger partial charge in [-0.1, -0.05) is 0 Å². The molecule has 1 aliphatic carbocycles. The molecule has 0 aromatic carbocycles. The number of pyridine rings is 1. The molecule has 3 aliphatic rings. The van der Waals surface area contributed by atoms with Crippen LogP contribution in [-0.2, 0) is 17.6 Å². The van der Waals surface area contributed by atoms with Crippen LogP contribution in [0, 0.1) is 5.92 Å². The standard InChI is InChI=1S/C24H29N5OS/c1-2-6-20-19(5-1)21-23(26-22(27-24(21)31-20)18-4-3-8-25-14-18)29-11-9-28(10-12-29)15-17-7-13-30-16-17/h3-4,8,14,17H,1-2,5-7,9-13,15-16H2. The van der Waals surface area contributed by atoms with Gasteiger partial charge in [-0.05, 0) is 55.7 Å². The molecule has 0 spiro atoms. The zero-order valence-electron chi connectivity index (χ0n) is 17.9. The highest BCUT2D eigenvalue weighted by molar-refractivity contribution is 7.19. The Labute approximate surface area is 187 Å². The highest BCUT2D eigenvalue weighted by Gasteiger charge is 2.27. The predicted octanol–water partition coefficient (Wildman–Crippen LogP) is 3.79. The highest BCUT2D eigenvalue weighted by atomic mass is 32.1. The number of anilines is 1. The molecular weight excluding hydrogens is 406 g/mol. The van der Waals surface area contributed by atoms with Gasteiger partial charge in [0.05, 0.1) is 12.0 Å². The van der Waals surface area contributed by atoms with Gasteiger partial charge in [0.15, 0.2) is 5.82 Å². The molecule has 2 aliphatic heterocycles. The fraction of sp³-hybridized carbons (Fsp3) is 0.542. The maximum absolute atomic E-state index is 5.58. The van der Waals surface area contributed by atoms with Gasteiger partial charge in [-0.25, -0.2) is 9.97 Å². The Morgan fingerprint density at radius 2 is 2.00 bits per heavy atom. The molecule has 1 unspecified atom stereocenters. The first-order valence-electron chi connectivity index (χ1n) is 11.6. The summed E-state index contributed by atoms with van der Waals surface area (Å²) in [5.41, 5.74) is 2.52. The third kappa shape index (κ3) is 3.83. The van der Waals surface area contributed by atoms with Crippen LogP contribution < -0.4 is 4.90 Å². The minimum absolute atomic E-state index is 0.707. The number of aromatic nitrogens is 3. The quantitative estimate of drug-likeness (QED) is 0.622. The second-order valence-corrected chi connectivity index (χ2v) is 10.1. The number of rotatable bonds is 4. The average Bonchev–Trinajstić information content (AvgIpc) is 3.47. The zero-order valence-corrected chi connectivity index (χ0v) is 18.7. The van der Waals surface area contributed by atoms with E-state index in [1.54, 1.807) is 6.20 Å². The summed E-state index contributed by atoms with van der Waals surface area (Å²) in [7, 11) is 0. The second-order valence-electron chi connectivity index (χ2n) is 9.02. The molecule has 2 fully saturated rings. The van der Waals surface area contributed by atoms with Crippen molar-refractivity contribution < 1.29 is 4.74 Å². The number of ether oxygens (including phenoxy) is 1. The van der Waals surface area contributed by atoms with E-state index in [1.807, 2.05) is 23.6 Å². The number of thiophene rings is 1. The molecule has 7 heteroatoms. The number of nitrogens with zero attached hydrogens (tertiary/aromatic N) is 5. The minimum Gasteiger partial charge on any atom is -0.381 e. The van der Waals surface area contributed by atoms with Gasteiger partial charge in [0.2, 0.25) is 0 Å². The van der Waals surface area contributed by atoms with E-state index in [2.05, 4.69) is 20.9 Å². The normalized spacial score (nSPS) is 22.2. The first-order valence-corrected chi connectivity index (χ1v) is 12.4. The molecule has 0 saturated carbocycles. The summed E-state index contributed by atoms with van der Waals surface area (Å²) in [6.45, 7) is 7.27. The van der Waals surface area contributed by atoms with Gasteiger partial charge in [0.25, 0.3) is 0 Å². The SMILES string of the molecule is c1cncc(-c2nc(N3CCN(CC4CCOC4)CC3)c3c4c(sc3n2)CCCC4)c1. The largest absolute Gasteiger partial charge is 0.381 e. The van der Waals surface area contributed by atoms with Gasteiger partial charge in [0.1, 0.15) is 10.6 Å². The zero-order chi connectivity index (χ0) is 20.6. The molecule has 6 nitrogen and oxygen atoms in total. The summed E-state index contributed by atoms with van der Waals surface area (Å²) >= 11 is 1.89. The van der Waals surface area contributed by atoms with Crippen molar-refractivity contribution in [3.63, 3.8) is 0 Å². The number of hydrogen-bond donors (Lipinski definition) is 0. The smallest absolute Gasteiger partial charge is 0.164 e. The van der Waals surface area contributed by atoms with Crippen LogP contribution in [0.1, 0.15) is 29.7 Å². The molecule has 0 bridgehead atoms. The predicted molar refractivity (Wildman–Crippen MR) is 125 cm³/mol. The van der Waals surface area contributed by atoms with Crippen molar-refractivity contribution in [2.45, 2.75) is 32.1 Å². The summed E-state index contributed by atoms with van der Waals surface area (Å²) in [4.78, 5) is 22.3. The second kappa shape index (κ2) is 8.45. The van der Waals surface area contributed by atoms with E-state index in [4.69, 9.17) is 14.7 Å². The molecule has 162 valence electrons. The summed E-state index contributed by atoms with van der Waals surface area (Å²) in [6.07, 6.45) is 9.82. The molecule has 3 aromatic heterocycles. The molecule has 3 aromatic rings. The Balaban J connectivity index is 1.34. The van der Waals surface area contributed by atoms with Crippen molar-refractivity contribution in [3.8, 4) is 11.4 Å². The molecule has 5 heterocycles. The van der Waals surface area contributed by atoms with Crippen LogP contribution in [0.15, 0.2) is 24.5 Å². The Kier molecular flexibility index (Phi) is 5.34. The van der Waals surface area contributed by atoms with Crippen LogP contribution >= 0.6 is 11.3 Å². The maximum Gasteiger partial charge on any atom is 0.164 e. The molecule has 0 radical (unpaired) electrons. The first-order chi connectivity index (χ1) is 15.3. The Hall–Kier alpha value is -2.09. The average molecular weight is 436 g/mol. The Morgan fingerprint density at radius 1 is 1.10 bits per heavy atom. The molecule has 1 atom stereocenters. The lowest BCUT2D eigenvalue weighted by molar-refractivity contribution is 0.164. The van der Waals surface area contributed by atoms with E-state index in [9.17, 15) is 0 Å². The monoisotopic (exact) mass is 435 g/mol. The van der Waals surface area contributed by atoms with Gasteiger partial charge < -0.3 is 9.64 Å². The summed E-state index contributed by atoms with van der Waals surface area (Å²) in [5.74, 6) is 2.66. The topological polar surface area (TPSA) is 54.4 Å². The van der Waals surface area contributed by atoms with Gasteiger partial charge >= 0.3 is 0 Å². The summed E-state index contributed by atoms with van der Waals surface area (Å²) in [6, 6.07) is 4.03. The van der Waals surface area contributed by atoms with Crippen LogP contribution in [0.4, 0.5) is 5.82 Å². The molecule has 0 amide bonds. The highest BCUT2D eigenvalue weighted by Crippen LogP contribution is 2.41. The maximum atomic E-state index is 5.58. The van der Waals surface area contributed by atoms with E-state index in [1.165, 1.54) is 54.5 Å². The van der Waals surface area contributed by atoms with Crippen molar-refractivity contribution in [2.24, 2.45) is 5.92 Å². The molecular formula is C24H29N5OS. The van der Waals surface area contributed by atoms with Gasteiger partial charge in [-0.2, -0.15) is 0 Å². The Bertz CT molecular complexity index is 1050. The summed E-state index contributed by atoms with van der Waals surface area (Å²) < 4.78 is 5.58. The molecule has 2 saturated heterocycles. The lowest BCUT2D eigenvalue weighted by Gasteiger charge is -2.36. The van der Waals surface area contributed by atoms with E-state index in [-0.39, 0.29) is 0 Å². The fourth-order valence-corrected chi connectivity index (χ4v) is 6.48. The van der Waals surface area contributed by atoms with E-state index in [0.717, 1.165) is 61.4 Å². The lowest BCUT2D eigenvalue weighted by Crippen LogP contribution is -2.48. The third-order valence-corrected chi connectivity index (χ3v) is 8.11. The van der Waals surface area contributed by atoms with Gasteiger partial charge in [-0.3, -0.25) is 9.88 Å². The van der Waals surface area contributed by atoms with E-state index in [0.29, 0.717) is 5.92 Å². The van der Waals surface area contributed by atoms with Crippen LogP contribution in [0.3, 0.4) is 0 Å². The fourth-order valence-electron chi connectivity index (χ4n) is 5.23. The van der Waals surface area contributed by atoms with E-state index >= 15 is 0 Å². The molecule has 0 N–H and O–H groups in total. The van der Waals surface area contributed by atoms with Crippen molar-refractivity contribution in [3.05, 3.63) is 35.0 Å². The number of fused-ring (bicyclic) bond motifs is 3. The third-order valence-electron chi connectivity index (χ3n) is 6.93. The van der Waals surface area contributed by atoms with E-state index < -0.39 is 0 Å². The minimum atomic E-state index is 0.707. The van der Waals surface area contributed by atoms with Crippen LogP contribution in [0.2, 0.25) is 0 Å². The van der Waals surface area contributed by atoms with Crippen molar-refractivity contribution in [1.29, 1.82) is 0 Å². The summed E-state index contributed by atoms with van der Waals surface area (Å²) in [5, 5.41) is 1.32. The van der Waals surface area contributed by atoms with Crippen molar-refractivity contribution >= 4 is 27.4 Å².